The molecule has 1 nitrogen and oxygen atoms in total. The van der Waals surface area contributed by atoms with Gasteiger partial charge >= 0.3 is 0 Å². The zero-order valence-electron chi connectivity index (χ0n) is 9.84. The van der Waals surface area contributed by atoms with Crippen LogP contribution < -0.4 is 4.74 Å². The number of halogens is 3. The third-order valence-electron chi connectivity index (χ3n) is 2.55. The lowest BCUT2D eigenvalue weighted by Crippen LogP contribution is -2.00. The minimum absolute atomic E-state index is 0.0117. The number of aryl methyl sites for hydroxylation is 1. The summed E-state index contributed by atoms with van der Waals surface area (Å²) < 4.78 is 32.6. The summed E-state index contributed by atoms with van der Waals surface area (Å²) in [6.45, 7) is 1.95. The van der Waals surface area contributed by atoms with Gasteiger partial charge in [-0.25, -0.2) is 8.78 Å². The third-order valence-corrected chi connectivity index (χ3v) is 4.87. The number of hydrogen-bond acceptors (Lipinski definition) is 2. The van der Waals surface area contributed by atoms with E-state index >= 15 is 0 Å². The Morgan fingerprint density at radius 2 is 1.83 bits per heavy atom. The molecule has 0 aliphatic rings. The average molecular weight is 333 g/mol. The van der Waals surface area contributed by atoms with Crippen LogP contribution in [0.2, 0.25) is 0 Å². The van der Waals surface area contributed by atoms with Crippen molar-refractivity contribution in [1.82, 2.24) is 0 Å². The minimum atomic E-state index is -0.611. The molecular formula is C13H11BrF2OS. The molecule has 2 rings (SSSR count). The van der Waals surface area contributed by atoms with Crippen molar-refractivity contribution in [2.24, 2.45) is 0 Å². The van der Waals surface area contributed by atoms with Crippen molar-refractivity contribution < 1.29 is 13.5 Å². The van der Waals surface area contributed by atoms with E-state index in [1.54, 1.807) is 0 Å². The lowest BCUT2D eigenvalue weighted by atomic mass is 10.1. The Balaban J connectivity index is 2.44. The van der Waals surface area contributed by atoms with Gasteiger partial charge in [-0.3, -0.25) is 0 Å². The Kier molecular flexibility index (Phi) is 4.02. The van der Waals surface area contributed by atoms with E-state index in [0.29, 0.717) is 0 Å². The van der Waals surface area contributed by atoms with E-state index in [0.717, 1.165) is 9.75 Å². The lowest BCUT2D eigenvalue weighted by Gasteiger charge is -2.12. The van der Waals surface area contributed by atoms with Crippen molar-refractivity contribution in [2.45, 2.75) is 11.8 Å². The van der Waals surface area contributed by atoms with Crippen molar-refractivity contribution in [3.8, 4) is 5.75 Å². The molecule has 1 aromatic carbocycles. The van der Waals surface area contributed by atoms with Crippen molar-refractivity contribution in [2.75, 3.05) is 7.11 Å². The van der Waals surface area contributed by atoms with Gasteiger partial charge in [0.1, 0.15) is 17.4 Å². The highest BCUT2D eigenvalue weighted by molar-refractivity contribution is 9.09. The van der Waals surface area contributed by atoms with Gasteiger partial charge in [-0.15, -0.1) is 11.3 Å². The molecule has 5 heteroatoms. The van der Waals surface area contributed by atoms with Gasteiger partial charge in [0.2, 0.25) is 0 Å². The molecule has 1 aromatic heterocycles. The van der Waals surface area contributed by atoms with Crippen molar-refractivity contribution in [3.63, 3.8) is 0 Å². The molecule has 0 N–H and O–H groups in total. The maximum absolute atomic E-state index is 13.9. The standard InChI is InChI=1S/C13H11BrF2OS/c1-7-3-4-11(18-7)13(14)12-9(15)5-8(17-2)6-10(12)16/h3-6,13H,1-2H3. The van der Waals surface area contributed by atoms with Crippen LogP contribution in [0.5, 0.6) is 5.75 Å². The number of ether oxygens (including phenoxy) is 1. The Morgan fingerprint density at radius 3 is 2.28 bits per heavy atom. The lowest BCUT2D eigenvalue weighted by molar-refractivity contribution is 0.405. The highest BCUT2D eigenvalue weighted by Gasteiger charge is 2.21. The molecule has 0 bridgehead atoms. The van der Waals surface area contributed by atoms with Gasteiger partial charge in [-0.1, -0.05) is 15.9 Å². The first-order valence-corrected chi connectivity index (χ1v) is 6.99. The summed E-state index contributed by atoms with van der Waals surface area (Å²) in [5.41, 5.74) is 0.0117. The maximum Gasteiger partial charge on any atom is 0.134 e. The molecule has 0 radical (unpaired) electrons. The van der Waals surface area contributed by atoms with Crippen LogP contribution in [-0.2, 0) is 0 Å². The first kappa shape index (κ1) is 13.5. The second-order valence-corrected chi connectivity index (χ2v) is 6.05. The van der Waals surface area contributed by atoms with Crippen LogP contribution in [0.4, 0.5) is 8.78 Å². The molecule has 0 spiro atoms. The number of hydrogen-bond donors (Lipinski definition) is 0. The monoisotopic (exact) mass is 332 g/mol. The molecule has 1 unspecified atom stereocenters. The molecular weight excluding hydrogens is 322 g/mol. The zero-order chi connectivity index (χ0) is 13.3. The predicted molar refractivity (Wildman–Crippen MR) is 72.7 cm³/mol. The summed E-state index contributed by atoms with van der Waals surface area (Å²) >= 11 is 4.85. The van der Waals surface area contributed by atoms with E-state index < -0.39 is 16.5 Å². The highest BCUT2D eigenvalue weighted by atomic mass is 79.9. The summed E-state index contributed by atoms with van der Waals surface area (Å²) in [4.78, 5) is 1.49. The van der Waals surface area contributed by atoms with Gasteiger partial charge in [-0.05, 0) is 19.1 Å². The predicted octanol–water partition coefficient (Wildman–Crippen LogP) is 4.83. The smallest absolute Gasteiger partial charge is 0.134 e. The molecule has 0 fully saturated rings. The second kappa shape index (κ2) is 5.36. The molecule has 2 aromatic rings. The fraction of sp³-hybridized carbons (Fsp3) is 0.231. The van der Waals surface area contributed by atoms with Crippen LogP contribution in [-0.4, -0.2) is 7.11 Å². The first-order chi connectivity index (χ1) is 8.52. The average Bonchev–Trinajstić information content (AvgIpc) is 2.74. The molecule has 1 atom stereocenters. The molecule has 0 amide bonds. The quantitative estimate of drug-likeness (QED) is 0.731. The molecule has 0 saturated carbocycles. The van der Waals surface area contributed by atoms with Gasteiger partial charge < -0.3 is 4.74 Å². The summed E-state index contributed by atoms with van der Waals surface area (Å²) in [5, 5.41) is 0. The van der Waals surface area contributed by atoms with E-state index in [1.165, 1.54) is 30.6 Å². The number of alkyl halides is 1. The number of rotatable bonds is 3. The van der Waals surface area contributed by atoms with Crippen molar-refractivity contribution >= 4 is 27.3 Å². The first-order valence-electron chi connectivity index (χ1n) is 5.26. The summed E-state index contributed by atoms with van der Waals surface area (Å²) in [6, 6.07) is 6.16. The maximum atomic E-state index is 13.9. The van der Waals surface area contributed by atoms with E-state index in [1.807, 2.05) is 19.1 Å². The molecule has 0 aliphatic carbocycles. The number of benzene rings is 1. The van der Waals surface area contributed by atoms with Gasteiger partial charge in [-0.2, -0.15) is 0 Å². The van der Waals surface area contributed by atoms with Crippen molar-refractivity contribution in [3.05, 3.63) is 51.2 Å². The van der Waals surface area contributed by atoms with E-state index in [-0.39, 0.29) is 11.3 Å². The Bertz CT molecular complexity index is 545. The largest absolute Gasteiger partial charge is 0.497 e. The van der Waals surface area contributed by atoms with E-state index in [4.69, 9.17) is 4.74 Å². The Morgan fingerprint density at radius 1 is 1.22 bits per heavy atom. The van der Waals surface area contributed by atoms with Crippen molar-refractivity contribution in [1.29, 1.82) is 0 Å². The Hall–Kier alpha value is -0.940. The van der Waals surface area contributed by atoms with Crippen LogP contribution in [0.25, 0.3) is 0 Å². The Labute approximate surface area is 117 Å². The topological polar surface area (TPSA) is 9.23 Å². The van der Waals surface area contributed by atoms with Gasteiger partial charge in [0.05, 0.1) is 11.9 Å². The summed E-state index contributed by atoms with van der Waals surface area (Å²) in [5.74, 6) is -1.05. The molecule has 1 heterocycles. The zero-order valence-corrected chi connectivity index (χ0v) is 12.2. The second-order valence-electron chi connectivity index (χ2n) is 3.82. The minimum Gasteiger partial charge on any atom is -0.497 e. The van der Waals surface area contributed by atoms with E-state index in [2.05, 4.69) is 15.9 Å². The fourth-order valence-corrected chi connectivity index (χ4v) is 3.39. The van der Waals surface area contributed by atoms with Crippen LogP contribution in [0, 0.1) is 18.6 Å². The molecule has 0 saturated heterocycles. The molecule has 18 heavy (non-hydrogen) atoms. The van der Waals surface area contributed by atoms with Crippen LogP contribution in [0.15, 0.2) is 24.3 Å². The van der Waals surface area contributed by atoms with Crippen LogP contribution in [0.1, 0.15) is 20.1 Å². The number of thiophene rings is 1. The fourth-order valence-electron chi connectivity index (χ4n) is 1.65. The van der Waals surface area contributed by atoms with Gasteiger partial charge in [0, 0.05) is 27.5 Å². The summed E-state index contributed by atoms with van der Waals surface area (Å²) in [6.07, 6.45) is 0. The number of methoxy groups -OCH3 is 1. The molecule has 96 valence electrons. The van der Waals surface area contributed by atoms with Crippen LogP contribution >= 0.6 is 27.3 Å². The molecule has 0 aliphatic heterocycles. The summed E-state index contributed by atoms with van der Waals surface area (Å²) in [7, 11) is 1.38. The normalized spacial score (nSPS) is 12.5. The third kappa shape index (κ3) is 2.57. The van der Waals surface area contributed by atoms with Gasteiger partial charge in [0.25, 0.3) is 0 Å². The van der Waals surface area contributed by atoms with Gasteiger partial charge in [0.15, 0.2) is 0 Å². The highest BCUT2D eigenvalue weighted by Crippen LogP contribution is 2.38. The SMILES string of the molecule is COc1cc(F)c(C(Br)c2ccc(C)s2)c(F)c1. The van der Waals surface area contributed by atoms with Crippen LogP contribution in [0.3, 0.4) is 0 Å². The van der Waals surface area contributed by atoms with E-state index in [9.17, 15) is 8.78 Å².